The number of nitrogens with zero attached hydrogens (tertiary/aromatic N) is 2. The molecule has 1 aromatic rings. The molecule has 0 bridgehead atoms. The number of carbonyl (C=O) groups excluding carboxylic acids is 1. The zero-order chi connectivity index (χ0) is 13.3. The van der Waals surface area contributed by atoms with Gasteiger partial charge >= 0.3 is 6.18 Å². The highest BCUT2D eigenvalue weighted by molar-refractivity contribution is 6.33. The van der Waals surface area contributed by atoms with Crippen LogP contribution in [0.3, 0.4) is 0 Å². The van der Waals surface area contributed by atoms with Crippen molar-refractivity contribution in [3.63, 3.8) is 0 Å². The Morgan fingerprint density at radius 2 is 2.17 bits per heavy atom. The fraction of sp³-hybridized carbons (Fsp3) is 0.455. The highest BCUT2D eigenvalue weighted by Crippen LogP contribution is 2.32. The molecule has 3 nitrogen and oxygen atoms in total. The Kier molecular flexibility index (Phi) is 3.47. The van der Waals surface area contributed by atoms with Gasteiger partial charge in [-0.1, -0.05) is 11.6 Å². The summed E-state index contributed by atoms with van der Waals surface area (Å²) in [4.78, 5) is 16.6. The predicted octanol–water partition coefficient (Wildman–Crippen LogP) is 2.90. The van der Waals surface area contributed by atoms with Crippen LogP contribution < -0.4 is 0 Å². The lowest BCUT2D eigenvalue weighted by atomic mass is 10.2. The molecule has 0 saturated heterocycles. The van der Waals surface area contributed by atoms with Crippen molar-refractivity contribution >= 4 is 17.5 Å². The minimum Gasteiger partial charge on any atom is -0.327 e. The zero-order valence-electron chi connectivity index (χ0n) is 9.25. The third kappa shape index (κ3) is 3.13. The van der Waals surface area contributed by atoms with Crippen LogP contribution in [0.25, 0.3) is 0 Å². The van der Waals surface area contributed by atoms with Gasteiger partial charge in [0.1, 0.15) is 6.54 Å². The van der Waals surface area contributed by atoms with E-state index in [0.29, 0.717) is 12.8 Å². The summed E-state index contributed by atoms with van der Waals surface area (Å²) in [5.41, 5.74) is 0.0582. The average Bonchev–Trinajstić information content (AvgIpc) is 3.08. The lowest BCUT2D eigenvalue weighted by molar-refractivity contribution is -0.141. The summed E-state index contributed by atoms with van der Waals surface area (Å²) in [5, 5.41) is 0.0651. The molecule has 1 heterocycles. The highest BCUT2D eigenvalue weighted by Gasteiger charge is 2.41. The van der Waals surface area contributed by atoms with Gasteiger partial charge in [0.25, 0.3) is 5.91 Å². The number of alkyl halides is 3. The summed E-state index contributed by atoms with van der Waals surface area (Å²) in [6.07, 6.45) is -0.627. The number of hydrogen-bond donors (Lipinski definition) is 0. The molecule has 1 fully saturated rings. The molecule has 0 unspecified atom stereocenters. The average molecular weight is 279 g/mol. The molecule has 7 heteroatoms. The van der Waals surface area contributed by atoms with E-state index in [-0.39, 0.29) is 16.6 Å². The second-order valence-electron chi connectivity index (χ2n) is 4.13. The topological polar surface area (TPSA) is 33.2 Å². The van der Waals surface area contributed by atoms with Crippen LogP contribution in [0.2, 0.25) is 5.02 Å². The zero-order valence-corrected chi connectivity index (χ0v) is 10.0. The molecule has 98 valence electrons. The van der Waals surface area contributed by atoms with E-state index in [1.165, 1.54) is 18.5 Å². The van der Waals surface area contributed by atoms with Crippen molar-refractivity contribution in [1.82, 2.24) is 9.88 Å². The first-order chi connectivity index (χ1) is 8.38. The van der Waals surface area contributed by atoms with E-state index >= 15 is 0 Å². The predicted molar refractivity (Wildman–Crippen MR) is 59.4 cm³/mol. The van der Waals surface area contributed by atoms with Gasteiger partial charge in [0, 0.05) is 18.4 Å². The summed E-state index contributed by atoms with van der Waals surface area (Å²) in [6, 6.07) is 1.000. The number of hydrogen-bond acceptors (Lipinski definition) is 2. The van der Waals surface area contributed by atoms with Crippen molar-refractivity contribution in [2.75, 3.05) is 6.54 Å². The minimum atomic E-state index is -4.41. The van der Waals surface area contributed by atoms with E-state index in [1.807, 2.05) is 0 Å². The van der Waals surface area contributed by atoms with Crippen LogP contribution in [0.1, 0.15) is 23.2 Å². The SMILES string of the molecule is O=C(c1ccncc1Cl)N(CC(F)(F)F)C1CC1. The number of carbonyl (C=O) groups is 1. The van der Waals surface area contributed by atoms with E-state index in [1.54, 1.807) is 0 Å². The first-order valence-electron chi connectivity index (χ1n) is 5.36. The Morgan fingerprint density at radius 1 is 1.50 bits per heavy atom. The van der Waals surface area contributed by atoms with Crippen LogP contribution in [0.15, 0.2) is 18.5 Å². The van der Waals surface area contributed by atoms with Crippen molar-refractivity contribution in [3.05, 3.63) is 29.0 Å². The number of pyridine rings is 1. The van der Waals surface area contributed by atoms with Crippen LogP contribution in [0, 0.1) is 0 Å². The maximum absolute atomic E-state index is 12.4. The van der Waals surface area contributed by atoms with Gasteiger partial charge in [0.2, 0.25) is 0 Å². The smallest absolute Gasteiger partial charge is 0.327 e. The third-order valence-corrected chi connectivity index (χ3v) is 2.90. The molecular formula is C11H10ClF3N2O. The first kappa shape index (κ1) is 13.1. The molecule has 1 aliphatic carbocycles. The van der Waals surface area contributed by atoms with Gasteiger partial charge < -0.3 is 4.90 Å². The van der Waals surface area contributed by atoms with Crippen LogP contribution in [-0.2, 0) is 0 Å². The van der Waals surface area contributed by atoms with E-state index < -0.39 is 18.6 Å². The number of aromatic nitrogens is 1. The first-order valence-corrected chi connectivity index (χ1v) is 5.73. The summed E-state index contributed by atoms with van der Waals surface area (Å²) in [5.74, 6) is -0.692. The fourth-order valence-corrected chi connectivity index (χ4v) is 1.85. The van der Waals surface area contributed by atoms with Crippen LogP contribution >= 0.6 is 11.6 Å². The monoisotopic (exact) mass is 278 g/mol. The lowest BCUT2D eigenvalue weighted by Crippen LogP contribution is -2.40. The highest BCUT2D eigenvalue weighted by atomic mass is 35.5. The molecule has 0 radical (unpaired) electrons. The molecule has 0 atom stereocenters. The molecule has 18 heavy (non-hydrogen) atoms. The molecule has 1 amide bonds. The molecule has 2 rings (SSSR count). The molecule has 1 aromatic heterocycles. The molecule has 0 N–H and O–H groups in total. The molecule has 0 spiro atoms. The van der Waals surface area contributed by atoms with Gasteiger partial charge in [-0.05, 0) is 18.9 Å². The Bertz CT molecular complexity index is 460. The van der Waals surface area contributed by atoms with Gasteiger partial charge in [0.15, 0.2) is 0 Å². The second kappa shape index (κ2) is 4.76. The van der Waals surface area contributed by atoms with Crippen molar-refractivity contribution < 1.29 is 18.0 Å². The van der Waals surface area contributed by atoms with Gasteiger partial charge in [-0.15, -0.1) is 0 Å². The van der Waals surface area contributed by atoms with Crippen molar-refractivity contribution in [1.29, 1.82) is 0 Å². The Hall–Kier alpha value is -1.30. The van der Waals surface area contributed by atoms with Crippen molar-refractivity contribution in [2.24, 2.45) is 0 Å². The quantitative estimate of drug-likeness (QED) is 0.852. The summed E-state index contributed by atoms with van der Waals surface area (Å²) >= 11 is 5.77. The number of halogens is 4. The summed E-state index contributed by atoms with van der Waals surface area (Å²) in [6.45, 7) is -1.24. The fourth-order valence-electron chi connectivity index (χ4n) is 1.65. The van der Waals surface area contributed by atoms with E-state index in [2.05, 4.69) is 4.98 Å². The minimum absolute atomic E-state index is 0.0582. The maximum atomic E-state index is 12.4. The van der Waals surface area contributed by atoms with Crippen molar-refractivity contribution in [2.45, 2.75) is 25.1 Å². The number of rotatable bonds is 3. The third-order valence-electron chi connectivity index (χ3n) is 2.60. The van der Waals surface area contributed by atoms with Gasteiger partial charge in [-0.2, -0.15) is 13.2 Å². The van der Waals surface area contributed by atoms with Gasteiger partial charge in [-0.25, -0.2) is 0 Å². The Morgan fingerprint density at radius 3 is 2.67 bits per heavy atom. The Labute approximate surface area is 107 Å². The van der Waals surface area contributed by atoms with Gasteiger partial charge in [-0.3, -0.25) is 9.78 Å². The molecule has 1 aliphatic rings. The standard InChI is InChI=1S/C11H10ClF3N2O/c12-9-5-16-4-3-8(9)10(18)17(7-1-2-7)6-11(13,14)15/h3-5,7H,1-2,6H2. The second-order valence-corrected chi connectivity index (χ2v) is 4.54. The molecule has 1 saturated carbocycles. The van der Waals surface area contributed by atoms with Gasteiger partial charge in [0.05, 0.1) is 10.6 Å². The Balaban J connectivity index is 2.21. The summed E-state index contributed by atoms with van der Waals surface area (Å²) in [7, 11) is 0. The molecule has 0 aliphatic heterocycles. The van der Waals surface area contributed by atoms with E-state index in [0.717, 1.165) is 4.90 Å². The normalized spacial score (nSPS) is 15.6. The van der Waals surface area contributed by atoms with E-state index in [4.69, 9.17) is 11.6 Å². The largest absolute Gasteiger partial charge is 0.406 e. The van der Waals surface area contributed by atoms with Crippen LogP contribution in [0.4, 0.5) is 13.2 Å². The molecule has 0 aromatic carbocycles. The maximum Gasteiger partial charge on any atom is 0.406 e. The van der Waals surface area contributed by atoms with Crippen molar-refractivity contribution in [3.8, 4) is 0 Å². The van der Waals surface area contributed by atoms with Crippen LogP contribution in [-0.4, -0.2) is 34.6 Å². The molecular weight excluding hydrogens is 269 g/mol. The van der Waals surface area contributed by atoms with Crippen LogP contribution in [0.5, 0.6) is 0 Å². The lowest BCUT2D eigenvalue weighted by Gasteiger charge is -2.24. The number of amides is 1. The van der Waals surface area contributed by atoms with E-state index in [9.17, 15) is 18.0 Å². The summed E-state index contributed by atoms with van der Waals surface area (Å²) < 4.78 is 37.3.